The SMILES string of the molecule is CC(C)CC1NC2(CC2)C(=O)N1C1CCCC(C)CC1. The number of carbonyl (C=O) groups excluding carboxylic acids is 1. The van der Waals surface area contributed by atoms with Gasteiger partial charge in [-0.05, 0) is 50.4 Å². The summed E-state index contributed by atoms with van der Waals surface area (Å²) in [7, 11) is 0. The van der Waals surface area contributed by atoms with Crippen LogP contribution in [0.3, 0.4) is 0 Å². The minimum atomic E-state index is -0.141. The molecule has 3 fully saturated rings. The third kappa shape index (κ3) is 2.61. The van der Waals surface area contributed by atoms with Gasteiger partial charge < -0.3 is 4.90 Å². The van der Waals surface area contributed by atoms with E-state index in [2.05, 4.69) is 31.0 Å². The van der Waals surface area contributed by atoms with Crippen LogP contribution in [0.25, 0.3) is 0 Å². The van der Waals surface area contributed by atoms with Crippen LogP contribution in [0.4, 0.5) is 0 Å². The predicted octanol–water partition coefficient (Wildman–Crippen LogP) is 3.29. The smallest absolute Gasteiger partial charge is 0.244 e. The van der Waals surface area contributed by atoms with E-state index in [-0.39, 0.29) is 5.54 Å². The Morgan fingerprint density at radius 2 is 2.00 bits per heavy atom. The van der Waals surface area contributed by atoms with Gasteiger partial charge in [-0.25, -0.2) is 0 Å². The maximum atomic E-state index is 12.8. The van der Waals surface area contributed by atoms with Crippen molar-refractivity contribution in [1.29, 1.82) is 0 Å². The zero-order valence-corrected chi connectivity index (χ0v) is 13.3. The molecule has 3 unspecified atom stereocenters. The number of nitrogens with zero attached hydrogens (tertiary/aromatic N) is 1. The molecule has 1 amide bonds. The third-order valence-corrected chi connectivity index (χ3v) is 5.49. The molecule has 1 saturated heterocycles. The first-order chi connectivity index (χ1) is 9.52. The average molecular weight is 278 g/mol. The second kappa shape index (κ2) is 5.32. The van der Waals surface area contributed by atoms with Crippen molar-refractivity contribution in [3.8, 4) is 0 Å². The summed E-state index contributed by atoms with van der Waals surface area (Å²) in [5, 5.41) is 3.68. The first-order valence-corrected chi connectivity index (χ1v) is 8.62. The Kier molecular flexibility index (Phi) is 3.83. The van der Waals surface area contributed by atoms with Gasteiger partial charge in [-0.15, -0.1) is 0 Å². The van der Waals surface area contributed by atoms with E-state index in [0.717, 1.165) is 25.2 Å². The van der Waals surface area contributed by atoms with Crippen molar-refractivity contribution in [2.45, 2.75) is 89.9 Å². The van der Waals surface area contributed by atoms with E-state index in [0.29, 0.717) is 24.0 Å². The van der Waals surface area contributed by atoms with Crippen LogP contribution in [0.5, 0.6) is 0 Å². The van der Waals surface area contributed by atoms with Crippen molar-refractivity contribution in [2.75, 3.05) is 0 Å². The van der Waals surface area contributed by atoms with Crippen molar-refractivity contribution in [3.63, 3.8) is 0 Å². The molecular formula is C17H30N2O. The Morgan fingerprint density at radius 3 is 2.65 bits per heavy atom. The molecule has 1 spiro atoms. The standard InChI is InChI=1S/C17H30N2O/c1-12(2)11-15-18-17(9-10-17)16(20)19(15)14-6-4-5-13(3)7-8-14/h12-15,18H,4-11H2,1-3H3. The van der Waals surface area contributed by atoms with Crippen molar-refractivity contribution in [3.05, 3.63) is 0 Å². The number of amides is 1. The summed E-state index contributed by atoms with van der Waals surface area (Å²) in [6.07, 6.45) is 9.84. The van der Waals surface area contributed by atoms with Crippen molar-refractivity contribution in [2.24, 2.45) is 11.8 Å². The molecule has 114 valence electrons. The van der Waals surface area contributed by atoms with Gasteiger partial charge in [-0.2, -0.15) is 0 Å². The van der Waals surface area contributed by atoms with Gasteiger partial charge in [0.1, 0.15) is 0 Å². The number of hydrogen-bond donors (Lipinski definition) is 1. The Bertz CT molecular complexity index is 375. The summed E-state index contributed by atoms with van der Waals surface area (Å²) < 4.78 is 0. The largest absolute Gasteiger partial charge is 0.323 e. The van der Waals surface area contributed by atoms with Gasteiger partial charge in [0, 0.05) is 6.04 Å². The van der Waals surface area contributed by atoms with Crippen molar-refractivity contribution >= 4 is 5.91 Å². The van der Waals surface area contributed by atoms with Gasteiger partial charge in [-0.1, -0.05) is 33.6 Å². The van der Waals surface area contributed by atoms with E-state index >= 15 is 0 Å². The molecule has 1 heterocycles. The summed E-state index contributed by atoms with van der Waals surface area (Å²) >= 11 is 0. The van der Waals surface area contributed by atoms with E-state index < -0.39 is 0 Å². The van der Waals surface area contributed by atoms with Gasteiger partial charge >= 0.3 is 0 Å². The molecule has 1 aliphatic heterocycles. The Morgan fingerprint density at radius 1 is 1.25 bits per heavy atom. The van der Waals surface area contributed by atoms with Gasteiger partial charge in [0.2, 0.25) is 5.91 Å². The summed E-state index contributed by atoms with van der Waals surface area (Å²) in [5.74, 6) is 1.90. The molecular weight excluding hydrogens is 248 g/mol. The van der Waals surface area contributed by atoms with E-state index in [4.69, 9.17) is 0 Å². The fourth-order valence-corrected chi connectivity index (χ4v) is 4.11. The monoisotopic (exact) mass is 278 g/mol. The normalized spacial score (nSPS) is 36.7. The molecule has 3 heteroatoms. The highest BCUT2D eigenvalue weighted by Gasteiger charge is 2.60. The maximum Gasteiger partial charge on any atom is 0.244 e. The Hall–Kier alpha value is -0.570. The molecule has 3 rings (SSSR count). The fraction of sp³-hybridized carbons (Fsp3) is 0.941. The van der Waals surface area contributed by atoms with Gasteiger partial charge in [-0.3, -0.25) is 10.1 Å². The van der Waals surface area contributed by atoms with Crippen LogP contribution in [-0.4, -0.2) is 28.6 Å². The van der Waals surface area contributed by atoms with E-state index in [9.17, 15) is 4.79 Å². The number of hydrogen-bond acceptors (Lipinski definition) is 2. The molecule has 3 aliphatic rings. The highest BCUT2D eigenvalue weighted by atomic mass is 16.2. The minimum absolute atomic E-state index is 0.141. The van der Waals surface area contributed by atoms with Gasteiger partial charge in [0.25, 0.3) is 0 Å². The molecule has 2 saturated carbocycles. The zero-order chi connectivity index (χ0) is 14.3. The molecule has 1 N–H and O–H groups in total. The van der Waals surface area contributed by atoms with Crippen LogP contribution in [0.1, 0.15) is 72.1 Å². The van der Waals surface area contributed by atoms with E-state index in [1.807, 2.05) is 0 Å². The molecule has 0 radical (unpaired) electrons. The number of nitrogens with one attached hydrogen (secondary N) is 1. The molecule has 0 aromatic rings. The summed E-state index contributed by atoms with van der Waals surface area (Å²) in [6.45, 7) is 6.88. The summed E-state index contributed by atoms with van der Waals surface area (Å²) in [6, 6.07) is 0.490. The van der Waals surface area contributed by atoms with E-state index in [1.165, 1.54) is 32.1 Å². The van der Waals surface area contributed by atoms with E-state index in [1.54, 1.807) is 0 Å². The second-order valence-electron chi connectivity index (χ2n) is 7.85. The molecule has 2 aliphatic carbocycles. The van der Waals surface area contributed by atoms with Gasteiger partial charge in [0.15, 0.2) is 0 Å². The Labute approximate surface area is 123 Å². The maximum absolute atomic E-state index is 12.8. The zero-order valence-electron chi connectivity index (χ0n) is 13.3. The predicted molar refractivity (Wildman–Crippen MR) is 81.2 cm³/mol. The van der Waals surface area contributed by atoms with Crippen LogP contribution in [-0.2, 0) is 4.79 Å². The number of rotatable bonds is 3. The minimum Gasteiger partial charge on any atom is -0.323 e. The molecule has 3 nitrogen and oxygen atoms in total. The van der Waals surface area contributed by atoms with Crippen molar-refractivity contribution in [1.82, 2.24) is 10.2 Å². The average Bonchev–Trinajstić information content (AvgIpc) is 3.12. The lowest BCUT2D eigenvalue weighted by molar-refractivity contribution is -0.133. The topological polar surface area (TPSA) is 32.3 Å². The van der Waals surface area contributed by atoms with Gasteiger partial charge in [0.05, 0.1) is 11.7 Å². The molecule has 0 aromatic carbocycles. The first-order valence-electron chi connectivity index (χ1n) is 8.62. The fourth-order valence-electron chi connectivity index (χ4n) is 4.11. The highest BCUT2D eigenvalue weighted by Crippen LogP contribution is 2.45. The molecule has 3 atom stereocenters. The first kappa shape index (κ1) is 14.4. The van der Waals surface area contributed by atoms with Crippen LogP contribution >= 0.6 is 0 Å². The third-order valence-electron chi connectivity index (χ3n) is 5.49. The lowest BCUT2D eigenvalue weighted by Crippen LogP contribution is -2.45. The Balaban J connectivity index is 1.75. The van der Waals surface area contributed by atoms with Crippen LogP contribution in [0, 0.1) is 11.8 Å². The second-order valence-corrected chi connectivity index (χ2v) is 7.85. The summed E-state index contributed by atoms with van der Waals surface area (Å²) in [5.41, 5.74) is -0.141. The lowest BCUT2D eigenvalue weighted by Gasteiger charge is -2.33. The van der Waals surface area contributed by atoms with Crippen LogP contribution in [0.2, 0.25) is 0 Å². The van der Waals surface area contributed by atoms with Crippen LogP contribution < -0.4 is 5.32 Å². The number of carbonyl (C=O) groups is 1. The molecule has 0 aromatic heterocycles. The van der Waals surface area contributed by atoms with Crippen molar-refractivity contribution < 1.29 is 4.79 Å². The molecule has 0 bridgehead atoms. The van der Waals surface area contributed by atoms with Crippen LogP contribution in [0.15, 0.2) is 0 Å². The summed E-state index contributed by atoms with van der Waals surface area (Å²) in [4.78, 5) is 15.1. The highest BCUT2D eigenvalue weighted by molar-refractivity contribution is 5.92. The molecule has 20 heavy (non-hydrogen) atoms. The quantitative estimate of drug-likeness (QED) is 0.803. The lowest BCUT2D eigenvalue weighted by atomic mass is 10.0.